The summed E-state index contributed by atoms with van der Waals surface area (Å²) >= 11 is 6.54. The van der Waals surface area contributed by atoms with E-state index in [0.29, 0.717) is 28.2 Å². The highest BCUT2D eigenvalue weighted by Gasteiger charge is 2.14. The Labute approximate surface area is 166 Å². The zero-order chi connectivity index (χ0) is 19.8. The zero-order valence-corrected chi connectivity index (χ0v) is 16.7. The first kappa shape index (κ1) is 18.1. The smallest absolute Gasteiger partial charge is 0.325 e. The van der Waals surface area contributed by atoms with Gasteiger partial charge in [0.2, 0.25) is 0 Å². The summed E-state index contributed by atoms with van der Waals surface area (Å²) in [4.78, 5) is 14.0. The van der Waals surface area contributed by atoms with Crippen LogP contribution in [0.3, 0.4) is 0 Å². The maximum Gasteiger partial charge on any atom is 0.325 e. The first-order valence-electron chi connectivity index (χ1n) is 8.70. The predicted octanol–water partition coefficient (Wildman–Crippen LogP) is 4.55. The van der Waals surface area contributed by atoms with Crippen molar-refractivity contribution in [3.63, 3.8) is 0 Å². The average molecular weight is 398 g/mol. The molecule has 8 nitrogen and oxygen atoms in total. The molecule has 9 heteroatoms. The van der Waals surface area contributed by atoms with Gasteiger partial charge in [-0.25, -0.2) is 0 Å². The normalized spacial score (nSPS) is 11.0. The van der Waals surface area contributed by atoms with Gasteiger partial charge >= 0.3 is 6.01 Å². The van der Waals surface area contributed by atoms with E-state index >= 15 is 0 Å². The zero-order valence-electron chi connectivity index (χ0n) is 16.0. The second-order valence-electron chi connectivity index (χ2n) is 6.74. The molecular formula is C19H20ClN7O. The van der Waals surface area contributed by atoms with E-state index in [2.05, 4.69) is 30.5 Å². The maximum atomic E-state index is 6.54. The Bertz CT molecular complexity index is 1150. The predicted molar refractivity (Wildman–Crippen MR) is 111 cm³/mol. The molecule has 0 fully saturated rings. The monoisotopic (exact) mass is 397 g/mol. The van der Waals surface area contributed by atoms with E-state index in [1.54, 1.807) is 6.07 Å². The van der Waals surface area contributed by atoms with Gasteiger partial charge in [0.1, 0.15) is 17.4 Å². The average Bonchev–Trinajstić information content (AvgIpc) is 3.22. The summed E-state index contributed by atoms with van der Waals surface area (Å²) < 4.78 is 5.94. The molecule has 3 heterocycles. The molecule has 0 radical (unpaired) electrons. The molecule has 0 aliphatic heterocycles. The quantitative estimate of drug-likeness (QED) is 0.457. The Hall–Kier alpha value is -3.26. The molecule has 0 unspecified atom stereocenters. The SMILES string of the molecule is Cc1cc(Nc2cc(N(C)C)nc(Oc3ccc4[nH]c(C)cc4c3Cl)n2)n[nH]1. The summed E-state index contributed by atoms with van der Waals surface area (Å²) in [6, 6.07) is 9.60. The van der Waals surface area contributed by atoms with Crippen LogP contribution in [0.2, 0.25) is 5.02 Å². The van der Waals surface area contributed by atoms with Gasteiger partial charge in [-0.1, -0.05) is 11.6 Å². The van der Waals surface area contributed by atoms with Gasteiger partial charge in [-0.3, -0.25) is 5.10 Å². The van der Waals surface area contributed by atoms with Gasteiger partial charge in [0.25, 0.3) is 0 Å². The van der Waals surface area contributed by atoms with Crippen LogP contribution in [-0.2, 0) is 0 Å². The Kier molecular flexibility index (Phi) is 4.56. The number of aryl methyl sites for hydroxylation is 2. The van der Waals surface area contributed by atoms with Crippen molar-refractivity contribution in [3.8, 4) is 11.8 Å². The number of hydrogen-bond acceptors (Lipinski definition) is 6. The lowest BCUT2D eigenvalue weighted by molar-refractivity contribution is 0.444. The van der Waals surface area contributed by atoms with Gasteiger partial charge in [-0.2, -0.15) is 15.1 Å². The highest BCUT2D eigenvalue weighted by Crippen LogP contribution is 2.35. The molecule has 0 spiro atoms. The third kappa shape index (κ3) is 3.59. The lowest BCUT2D eigenvalue weighted by atomic mass is 10.2. The fraction of sp³-hybridized carbons (Fsp3) is 0.211. The van der Waals surface area contributed by atoms with Crippen LogP contribution < -0.4 is 15.0 Å². The number of halogens is 1. The highest BCUT2D eigenvalue weighted by molar-refractivity contribution is 6.37. The Balaban J connectivity index is 1.69. The number of benzene rings is 1. The van der Waals surface area contributed by atoms with Crippen molar-refractivity contribution >= 4 is 40.0 Å². The number of aromatic amines is 2. The Morgan fingerprint density at radius 3 is 2.57 bits per heavy atom. The van der Waals surface area contributed by atoms with E-state index in [1.807, 2.05) is 57.1 Å². The first-order chi connectivity index (χ1) is 13.4. The van der Waals surface area contributed by atoms with Gasteiger partial charge in [-0.05, 0) is 32.0 Å². The minimum Gasteiger partial charge on any atom is -0.423 e. The minimum absolute atomic E-state index is 0.189. The number of fused-ring (bicyclic) bond motifs is 1. The summed E-state index contributed by atoms with van der Waals surface area (Å²) in [5, 5.41) is 11.6. The second-order valence-corrected chi connectivity index (χ2v) is 7.12. The molecule has 1 aromatic carbocycles. The van der Waals surface area contributed by atoms with Crippen molar-refractivity contribution in [3.05, 3.63) is 46.7 Å². The number of nitrogens with zero attached hydrogens (tertiary/aromatic N) is 4. The first-order valence-corrected chi connectivity index (χ1v) is 9.08. The minimum atomic E-state index is 0.189. The largest absolute Gasteiger partial charge is 0.423 e. The second kappa shape index (κ2) is 7.05. The van der Waals surface area contributed by atoms with Crippen LogP contribution in [0.4, 0.5) is 17.5 Å². The molecule has 4 aromatic rings. The number of nitrogens with one attached hydrogen (secondary N) is 3. The molecule has 4 rings (SSSR count). The lowest BCUT2D eigenvalue weighted by Gasteiger charge is -2.15. The van der Waals surface area contributed by atoms with Crippen LogP contribution in [-0.4, -0.2) is 39.2 Å². The van der Waals surface area contributed by atoms with Crippen LogP contribution in [0.15, 0.2) is 30.3 Å². The fourth-order valence-corrected chi connectivity index (χ4v) is 3.09. The lowest BCUT2D eigenvalue weighted by Crippen LogP contribution is -2.12. The van der Waals surface area contributed by atoms with Gasteiger partial charge < -0.3 is 19.9 Å². The molecule has 0 saturated carbocycles. The van der Waals surface area contributed by atoms with Crippen molar-refractivity contribution in [2.24, 2.45) is 0 Å². The van der Waals surface area contributed by atoms with E-state index in [4.69, 9.17) is 16.3 Å². The summed E-state index contributed by atoms with van der Waals surface area (Å²) in [6.45, 7) is 3.91. The molecular weight excluding hydrogens is 378 g/mol. The molecule has 3 N–H and O–H groups in total. The molecule has 0 bridgehead atoms. The summed E-state index contributed by atoms with van der Waals surface area (Å²) in [5.41, 5.74) is 2.93. The number of anilines is 3. The van der Waals surface area contributed by atoms with Gasteiger partial charge in [0.05, 0.1) is 5.02 Å². The molecule has 0 aliphatic carbocycles. The number of H-pyrrole nitrogens is 2. The van der Waals surface area contributed by atoms with E-state index in [0.717, 1.165) is 22.3 Å². The van der Waals surface area contributed by atoms with Crippen LogP contribution in [0, 0.1) is 13.8 Å². The van der Waals surface area contributed by atoms with Crippen LogP contribution >= 0.6 is 11.6 Å². The standard InChI is InChI=1S/C19H20ClN7O/c1-10-7-12-13(21-10)5-6-14(18(12)20)28-19-23-15(9-17(24-19)27(3)4)22-16-8-11(2)25-26-16/h5-9,21H,1-4H3,(H2,22,23,24,25,26). The number of ether oxygens (including phenoxy) is 1. The van der Waals surface area contributed by atoms with E-state index < -0.39 is 0 Å². The third-order valence-electron chi connectivity index (χ3n) is 4.15. The van der Waals surface area contributed by atoms with Gasteiger partial charge in [0, 0.05) is 48.5 Å². The van der Waals surface area contributed by atoms with Crippen molar-refractivity contribution in [1.82, 2.24) is 25.1 Å². The summed E-state index contributed by atoms with van der Waals surface area (Å²) in [5.74, 6) is 2.41. The molecule has 0 atom stereocenters. The van der Waals surface area contributed by atoms with Crippen molar-refractivity contribution in [1.29, 1.82) is 0 Å². The molecule has 0 aliphatic rings. The van der Waals surface area contributed by atoms with Crippen LogP contribution in [0.25, 0.3) is 10.9 Å². The molecule has 0 saturated heterocycles. The number of hydrogen-bond donors (Lipinski definition) is 3. The Morgan fingerprint density at radius 1 is 1.04 bits per heavy atom. The number of rotatable bonds is 5. The van der Waals surface area contributed by atoms with E-state index in [9.17, 15) is 0 Å². The topological polar surface area (TPSA) is 94.8 Å². The fourth-order valence-electron chi connectivity index (χ4n) is 2.83. The van der Waals surface area contributed by atoms with Crippen LogP contribution in [0.1, 0.15) is 11.4 Å². The van der Waals surface area contributed by atoms with Crippen molar-refractivity contribution in [2.45, 2.75) is 13.8 Å². The molecule has 0 amide bonds. The Morgan fingerprint density at radius 2 is 1.86 bits per heavy atom. The number of aromatic nitrogens is 5. The van der Waals surface area contributed by atoms with Crippen molar-refractivity contribution < 1.29 is 4.74 Å². The van der Waals surface area contributed by atoms with Gasteiger partial charge in [-0.15, -0.1) is 0 Å². The third-order valence-corrected chi connectivity index (χ3v) is 4.54. The van der Waals surface area contributed by atoms with E-state index in [-0.39, 0.29) is 6.01 Å². The molecule has 28 heavy (non-hydrogen) atoms. The van der Waals surface area contributed by atoms with Crippen molar-refractivity contribution in [2.75, 3.05) is 24.3 Å². The highest BCUT2D eigenvalue weighted by atomic mass is 35.5. The summed E-state index contributed by atoms with van der Waals surface area (Å²) in [6.07, 6.45) is 0. The van der Waals surface area contributed by atoms with E-state index in [1.165, 1.54) is 0 Å². The molecule has 3 aromatic heterocycles. The molecule has 144 valence electrons. The van der Waals surface area contributed by atoms with Crippen LogP contribution in [0.5, 0.6) is 11.8 Å². The van der Waals surface area contributed by atoms with Gasteiger partial charge in [0.15, 0.2) is 5.82 Å². The summed E-state index contributed by atoms with van der Waals surface area (Å²) in [7, 11) is 3.80. The maximum absolute atomic E-state index is 6.54.